The largest absolute Gasteiger partial charge is 0.236 e. The molecule has 6 nitrogen and oxygen atoms in total. The standard InChI is InChI=1S/C3Cl3N3.C3H2FN3/c4-1-2(5)7-9-8-3(1)6;4-3-1-2-5-7-6-3/h;1-2H. The Kier molecular flexibility index (Phi) is 5.17. The molecule has 0 saturated heterocycles. The van der Waals surface area contributed by atoms with E-state index in [0.717, 1.165) is 6.07 Å². The summed E-state index contributed by atoms with van der Waals surface area (Å²) in [5.41, 5.74) is 0. The molecule has 0 aromatic carbocycles. The summed E-state index contributed by atoms with van der Waals surface area (Å²) >= 11 is 16.2. The zero-order valence-electron chi connectivity index (χ0n) is 7.35. The topological polar surface area (TPSA) is 77.3 Å². The van der Waals surface area contributed by atoms with E-state index >= 15 is 0 Å². The number of hydrogen-bond donors (Lipinski definition) is 0. The lowest BCUT2D eigenvalue weighted by atomic mass is 10.7. The van der Waals surface area contributed by atoms with Crippen molar-refractivity contribution in [3.63, 3.8) is 0 Å². The number of aromatic nitrogens is 6. The second-order valence-electron chi connectivity index (χ2n) is 2.13. The molecule has 84 valence electrons. The van der Waals surface area contributed by atoms with E-state index in [2.05, 4.69) is 30.8 Å². The Hall–Kier alpha value is -1.18. The average molecular weight is 283 g/mol. The maximum Gasteiger partial charge on any atom is 0.236 e. The van der Waals surface area contributed by atoms with Crippen molar-refractivity contribution < 1.29 is 4.39 Å². The zero-order chi connectivity index (χ0) is 12.0. The first kappa shape index (κ1) is 12.9. The molecule has 16 heavy (non-hydrogen) atoms. The Morgan fingerprint density at radius 3 is 1.88 bits per heavy atom. The minimum atomic E-state index is -0.602. The molecule has 2 aromatic heterocycles. The first-order chi connectivity index (χ1) is 7.61. The summed E-state index contributed by atoms with van der Waals surface area (Å²) in [6.45, 7) is 0. The van der Waals surface area contributed by atoms with Crippen LogP contribution >= 0.6 is 34.8 Å². The lowest BCUT2D eigenvalue weighted by Gasteiger charge is -1.90. The van der Waals surface area contributed by atoms with Crippen LogP contribution in [0.3, 0.4) is 0 Å². The van der Waals surface area contributed by atoms with Crippen LogP contribution in [-0.2, 0) is 0 Å². The minimum Gasteiger partial charge on any atom is -0.183 e. The molecule has 2 aromatic rings. The van der Waals surface area contributed by atoms with Gasteiger partial charge in [-0.05, 0) is 10.4 Å². The van der Waals surface area contributed by atoms with Crippen molar-refractivity contribution >= 4 is 34.8 Å². The molecular formula is C6H2Cl3FN6. The fraction of sp³-hybridized carbons (Fsp3) is 0. The molecule has 0 saturated carbocycles. The zero-order valence-corrected chi connectivity index (χ0v) is 9.62. The minimum absolute atomic E-state index is 0.0664. The van der Waals surface area contributed by atoms with Gasteiger partial charge in [0.2, 0.25) is 5.95 Å². The van der Waals surface area contributed by atoms with E-state index in [1.54, 1.807) is 0 Å². The van der Waals surface area contributed by atoms with Crippen molar-refractivity contribution in [2.75, 3.05) is 0 Å². The monoisotopic (exact) mass is 282 g/mol. The van der Waals surface area contributed by atoms with E-state index in [4.69, 9.17) is 34.8 Å². The predicted molar refractivity (Wildman–Crippen MR) is 54.6 cm³/mol. The molecule has 0 radical (unpaired) electrons. The Labute approximate surface area is 104 Å². The highest BCUT2D eigenvalue weighted by Gasteiger charge is 2.03. The summed E-state index contributed by atoms with van der Waals surface area (Å²) in [6, 6.07) is 1.13. The van der Waals surface area contributed by atoms with Gasteiger partial charge in [0.25, 0.3) is 0 Å². The van der Waals surface area contributed by atoms with Crippen molar-refractivity contribution in [2.24, 2.45) is 0 Å². The Morgan fingerprint density at radius 1 is 0.938 bits per heavy atom. The molecule has 0 atom stereocenters. The summed E-state index contributed by atoms with van der Waals surface area (Å²) in [7, 11) is 0. The van der Waals surface area contributed by atoms with Crippen molar-refractivity contribution in [1.29, 1.82) is 0 Å². The normalized spacial score (nSPS) is 9.25. The summed E-state index contributed by atoms with van der Waals surface area (Å²) in [5.74, 6) is -0.602. The molecule has 0 aliphatic heterocycles. The average Bonchev–Trinajstić information content (AvgIpc) is 2.28. The van der Waals surface area contributed by atoms with E-state index in [1.165, 1.54) is 6.20 Å². The van der Waals surface area contributed by atoms with Gasteiger partial charge < -0.3 is 0 Å². The van der Waals surface area contributed by atoms with Crippen LogP contribution in [-0.4, -0.2) is 30.8 Å². The van der Waals surface area contributed by atoms with Crippen molar-refractivity contribution in [1.82, 2.24) is 30.8 Å². The van der Waals surface area contributed by atoms with Gasteiger partial charge in [0.1, 0.15) is 5.02 Å². The van der Waals surface area contributed by atoms with Gasteiger partial charge in [0, 0.05) is 6.07 Å². The van der Waals surface area contributed by atoms with Crippen LogP contribution in [0.4, 0.5) is 4.39 Å². The van der Waals surface area contributed by atoms with Crippen LogP contribution in [0.2, 0.25) is 15.3 Å². The number of hydrogen-bond acceptors (Lipinski definition) is 6. The number of nitrogens with zero attached hydrogens (tertiary/aromatic N) is 6. The SMILES string of the molecule is Clc1nnnc(Cl)c1Cl.Fc1ccnnn1. The van der Waals surface area contributed by atoms with E-state index in [-0.39, 0.29) is 15.3 Å². The molecule has 2 rings (SSSR count). The molecule has 0 aliphatic carbocycles. The van der Waals surface area contributed by atoms with E-state index < -0.39 is 5.95 Å². The van der Waals surface area contributed by atoms with Gasteiger partial charge in [0.05, 0.1) is 6.20 Å². The van der Waals surface area contributed by atoms with E-state index in [0.29, 0.717) is 0 Å². The first-order valence-corrected chi connectivity index (χ1v) is 4.74. The van der Waals surface area contributed by atoms with E-state index in [9.17, 15) is 4.39 Å². The molecule has 10 heteroatoms. The summed E-state index contributed by atoms with van der Waals surface area (Å²) in [6.07, 6.45) is 1.24. The third-order valence-corrected chi connectivity index (χ3v) is 2.18. The molecule has 0 aliphatic rings. The molecule has 0 fully saturated rings. The summed E-state index contributed by atoms with van der Waals surface area (Å²) in [5, 5.41) is 19.3. The van der Waals surface area contributed by atoms with Gasteiger partial charge in [-0.2, -0.15) is 4.39 Å². The van der Waals surface area contributed by atoms with Crippen LogP contribution in [0.25, 0.3) is 0 Å². The molecule has 0 spiro atoms. The highest BCUT2D eigenvalue weighted by Crippen LogP contribution is 2.23. The van der Waals surface area contributed by atoms with Gasteiger partial charge in [-0.3, -0.25) is 0 Å². The molecular weight excluding hydrogens is 281 g/mol. The molecule has 0 N–H and O–H groups in total. The number of halogens is 4. The highest BCUT2D eigenvalue weighted by atomic mass is 35.5. The predicted octanol–water partition coefficient (Wildman–Crippen LogP) is 1.84. The maximum atomic E-state index is 11.7. The van der Waals surface area contributed by atoms with Crippen LogP contribution in [0.15, 0.2) is 12.3 Å². The van der Waals surface area contributed by atoms with Crippen molar-refractivity contribution in [2.45, 2.75) is 0 Å². The van der Waals surface area contributed by atoms with Crippen LogP contribution in [0.5, 0.6) is 0 Å². The Morgan fingerprint density at radius 2 is 1.56 bits per heavy atom. The fourth-order valence-corrected chi connectivity index (χ4v) is 0.871. The van der Waals surface area contributed by atoms with Crippen LogP contribution in [0, 0.1) is 5.95 Å². The molecule has 0 unspecified atom stereocenters. The Bertz CT molecular complexity index is 435. The molecule has 0 amide bonds. The maximum absolute atomic E-state index is 11.7. The van der Waals surface area contributed by atoms with Crippen molar-refractivity contribution in [3.8, 4) is 0 Å². The van der Waals surface area contributed by atoms with Gasteiger partial charge in [-0.25, -0.2) is 0 Å². The lowest BCUT2D eigenvalue weighted by Crippen LogP contribution is -1.88. The third-order valence-electron chi connectivity index (χ3n) is 1.10. The number of rotatable bonds is 0. The second-order valence-corrected chi connectivity index (χ2v) is 3.22. The van der Waals surface area contributed by atoms with Gasteiger partial charge in [-0.1, -0.05) is 39.9 Å². The highest BCUT2D eigenvalue weighted by molar-refractivity contribution is 6.46. The first-order valence-electron chi connectivity index (χ1n) is 3.61. The van der Waals surface area contributed by atoms with Crippen LogP contribution in [0.1, 0.15) is 0 Å². The lowest BCUT2D eigenvalue weighted by molar-refractivity contribution is 0.548. The van der Waals surface area contributed by atoms with E-state index in [1.807, 2.05) is 0 Å². The fourth-order valence-electron chi connectivity index (χ4n) is 0.500. The molecule has 0 bridgehead atoms. The van der Waals surface area contributed by atoms with Gasteiger partial charge in [0.15, 0.2) is 10.3 Å². The van der Waals surface area contributed by atoms with Crippen LogP contribution < -0.4 is 0 Å². The quantitative estimate of drug-likeness (QED) is 0.734. The second kappa shape index (κ2) is 6.41. The third kappa shape index (κ3) is 4.13. The summed E-state index contributed by atoms with van der Waals surface area (Å²) in [4.78, 5) is 0. The van der Waals surface area contributed by atoms with Gasteiger partial charge in [-0.15, -0.1) is 15.3 Å². The molecule has 2 heterocycles. The van der Waals surface area contributed by atoms with Crippen molar-refractivity contribution in [3.05, 3.63) is 33.5 Å². The van der Waals surface area contributed by atoms with Gasteiger partial charge >= 0.3 is 0 Å². The smallest absolute Gasteiger partial charge is 0.183 e. The summed E-state index contributed by atoms with van der Waals surface area (Å²) < 4.78 is 11.7. The Balaban J connectivity index is 0.000000165.